The minimum absolute atomic E-state index is 0. The predicted octanol–water partition coefficient (Wildman–Crippen LogP) is -5.36. The summed E-state index contributed by atoms with van der Waals surface area (Å²) in [5, 5.41) is 7.32. The van der Waals surface area contributed by atoms with Gasteiger partial charge < -0.3 is 4.57 Å². The van der Waals surface area contributed by atoms with Gasteiger partial charge in [-0.2, -0.15) is 5.26 Å². The molecule has 4 heterocycles. The normalized spacial score (nSPS) is 9.61. The standard InChI is InChI=1S/C15H11N3.C4H6N2.C2H3N.2ClHO4.Pt/c1-3-10-16-12(6-1)14-8-5-9-15(18-14)13-7-2-4-11-17-13;1-6-3-2-5-4-6;1-2-3;2*2-1(3,4)5;/h1-11H;2-4H,1H3;1H3;2*(H,2,3,4,5);/q;;;;;+2/p-2. The van der Waals surface area contributed by atoms with E-state index in [1.165, 1.54) is 6.92 Å². The van der Waals surface area contributed by atoms with Crippen LogP contribution in [-0.2, 0) is 28.1 Å². The fourth-order valence-electron chi connectivity index (χ4n) is 2.07. The minimum atomic E-state index is -4.94. The molecule has 17 heteroatoms. The summed E-state index contributed by atoms with van der Waals surface area (Å²) in [6.07, 6.45) is 8.93. The van der Waals surface area contributed by atoms with Crippen molar-refractivity contribution in [3.63, 3.8) is 0 Å². The summed E-state index contributed by atoms with van der Waals surface area (Å²) < 4.78 is 69.8. The molecule has 4 aromatic heterocycles. The molecule has 4 rings (SSSR count). The number of hydrogen-bond donors (Lipinski definition) is 0. The zero-order valence-corrected chi connectivity index (χ0v) is 23.4. The predicted molar refractivity (Wildman–Crippen MR) is 105 cm³/mol. The second kappa shape index (κ2) is 20.1. The fraction of sp³-hybridized carbons (Fsp3) is 0.0952. The first-order valence-electron chi connectivity index (χ1n) is 9.50. The maximum atomic E-state index is 8.49. The van der Waals surface area contributed by atoms with Gasteiger partial charge in [-0.05, 0) is 36.4 Å². The quantitative estimate of drug-likeness (QED) is 0.186. The van der Waals surface area contributed by atoms with Crippen molar-refractivity contribution < 1.29 is 78.8 Å². The van der Waals surface area contributed by atoms with E-state index in [-0.39, 0.29) is 21.1 Å². The fourth-order valence-corrected chi connectivity index (χ4v) is 2.07. The van der Waals surface area contributed by atoms with Gasteiger partial charge in [-0.3, -0.25) is 9.97 Å². The smallest absolute Gasteiger partial charge is 0.341 e. The molecule has 0 bridgehead atoms. The molecule has 14 nitrogen and oxygen atoms in total. The number of hydrogen-bond acceptors (Lipinski definition) is 13. The molecule has 0 unspecified atom stereocenters. The molecule has 0 amide bonds. The van der Waals surface area contributed by atoms with E-state index in [0.717, 1.165) is 22.8 Å². The summed E-state index contributed by atoms with van der Waals surface area (Å²) in [4.78, 5) is 17.0. The topological polar surface area (TPSA) is 265 Å². The van der Waals surface area contributed by atoms with Crippen molar-refractivity contribution in [2.24, 2.45) is 7.05 Å². The van der Waals surface area contributed by atoms with Crippen molar-refractivity contribution in [1.29, 1.82) is 5.26 Å². The van der Waals surface area contributed by atoms with Gasteiger partial charge in [0.1, 0.15) is 0 Å². The summed E-state index contributed by atoms with van der Waals surface area (Å²) in [6, 6.07) is 19.2. The Bertz CT molecular complexity index is 1080. The first kappa shape index (κ1) is 37.3. The summed E-state index contributed by atoms with van der Waals surface area (Å²) in [5.41, 5.74) is 3.46. The summed E-state index contributed by atoms with van der Waals surface area (Å²) in [6.45, 7) is 1.43. The zero-order chi connectivity index (χ0) is 28.3. The van der Waals surface area contributed by atoms with Crippen LogP contribution in [0, 0.1) is 31.8 Å². The second-order valence-corrected chi connectivity index (χ2v) is 7.56. The van der Waals surface area contributed by atoms with E-state index in [1.807, 2.05) is 72.4 Å². The summed E-state index contributed by atoms with van der Waals surface area (Å²) in [5.74, 6) is 0. The van der Waals surface area contributed by atoms with Gasteiger partial charge in [0.15, 0.2) is 0 Å². The molecule has 0 spiro atoms. The van der Waals surface area contributed by atoms with Crippen molar-refractivity contribution >= 4 is 0 Å². The van der Waals surface area contributed by atoms with Gasteiger partial charge in [0.2, 0.25) is 0 Å². The number of halogens is 2. The number of nitrogens with zero attached hydrogens (tertiary/aromatic N) is 6. The molecule has 0 radical (unpaired) electrons. The molecular weight excluding hydrogens is 730 g/mol. The van der Waals surface area contributed by atoms with Crippen molar-refractivity contribution in [1.82, 2.24) is 24.5 Å². The Balaban J connectivity index is 0. The van der Waals surface area contributed by atoms with Crippen LogP contribution in [0.25, 0.3) is 22.8 Å². The molecule has 0 aliphatic heterocycles. The number of aromatic nitrogens is 5. The molecule has 0 saturated heterocycles. The molecule has 0 fully saturated rings. The average molecular weight is 750 g/mol. The molecular formula is C21H20Cl2N6O8Pt. The molecule has 38 heavy (non-hydrogen) atoms. The van der Waals surface area contributed by atoms with Gasteiger partial charge >= 0.3 is 21.1 Å². The zero-order valence-electron chi connectivity index (χ0n) is 19.6. The maximum absolute atomic E-state index is 8.49. The number of nitriles is 1. The van der Waals surface area contributed by atoms with Gasteiger partial charge in [-0.25, -0.2) is 47.2 Å². The summed E-state index contributed by atoms with van der Waals surface area (Å²) >= 11 is 0. The van der Waals surface area contributed by atoms with Gasteiger partial charge in [0.05, 0.1) is 35.2 Å². The molecule has 0 aliphatic rings. The van der Waals surface area contributed by atoms with Crippen LogP contribution in [0.4, 0.5) is 0 Å². The number of aryl methyl sites for hydroxylation is 1. The molecule has 206 valence electrons. The van der Waals surface area contributed by atoms with E-state index in [0.29, 0.717) is 0 Å². The Morgan fingerprint density at radius 1 is 0.684 bits per heavy atom. The van der Waals surface area contributed by atoms with Crippen molar-refractivity contribution in [3.8, 4) is 28.8 Å². The van der Waals surface area contributed by atoms with Crippen LogP contribution in [0.1, 0.15) is 6.92 Å². The molecule has 0 aliphatic carbocycles. The second-order valence-electron chi connectivity index (χ2n) is 6.05. The maximum Gasteiger partial charge on any atom is 2.00 e. The Kier molecular flexibility index (Phi) is 19.7. The van der Waals surface area contributed by atoms with Crippen molar-refractivity contribution in [2.45, 2.75) is 6.92 Å². The van der Waals surface area contributed by atoms with Crippen molar-refractivity contribution in [2.75, 3.05) is 0 Å². The minimum Gasteiger partial charge on any atom is -0.341 e. The van der Waals surface area contributed by atoms with Crippen LogP contribution >= 0.6 is 0 Å². The Labute approximate surface area is 236 Å². The van der Waals surface area contributed by atoms with Crippen LogP contribution in [0.5, 0.6) is 0 Å². The van der Waals surface area contributed by atoms with Crippen LogP contribution < -0.4 is 37.3 Å². The third-order valence-corrected chi connectivity index (χ3v) is 3.24. The Hall–Kier alpha value is -2.90. The average Bonchev–Trinajstić information content (AvgIpc) is 3.30. The first-order chi connectivity index (χ1) is 17.2. The third-order valence-electron chi connectivity index (χ3n) is 3.24. The molecule has 0 atom stereocenters. The van der Waals surface area contributed by atoms with E-state index >= 15 is 0 Å². The molecule has 4 aromatic rings. The van der Waals surface area contributed by atoms with Crippen molar-refractivity contribution in [3.05, 3.63) is 85.7 Å². The number of imidazole rings is 1. The number of pyridine rings is 3. The molecule has 0 N–H and O–H groups in total. The largest absolute Gasteiger partial charge is 2.00 e. The van der Waals surface area contributed by atoms with Gasteiger partial charge in [-0.15, -0.1) is 20.5 Å². The van der Waals surface area contributed by atoms with E-state index in [1.54, 1.807) is 31.0 Å². The van der Waals surface area contributed by atoms with Crippen LogP contribution in [0.15, 0.2) is 85.7 Å². The van der Waals surface area contributed by atoms with Gasteiger partial charge in [0.25, 0.3) is 0 Å². The molecule has 0 aromatic carbocycles. The van der Waals surface area contributed by atoms with E-state index in [2.05, 4.69) is 19.9 Å². The Morgan fingerprint density at radius 2 is 1.05 bits per heavy atom. The monoisotopic (exact) mass is 749 g/mol. The van der Waals surface area contributed by atoms with Crippen LogP contribution in [0.2, 0.25) is 0 Å². The SMILES string of the molecule is CC#N.Cn1ccnc1.[O-][Cl+3]([O-])([O-])[O-].[O-][Cl+3]([O-])([O-])[O-].[Pt+2].c1ccc(-c2cccc(-c3ccccn3)n2)nc1. The van der Waals surface area contributed by atoms with Gasteiger partial charge in [0, 0.05) is 38.8 Å². The van der Waals surface area contributed by atoms with E-state index in [4.69, 9.17) is 42.5 Å². The first-order valence-corrected chi connectivity index (χ1v) is 12.0. The van der Waals surface area contributed by atoms with E-state index in [9.17, 15) is 0 Å². The number of rotatable bonds is 2. The molecule has 0 saturated carbocycles. The third kappa shape index (κ3) is 23.5. The van der Waals surface area contributed by atoms with Gasteiger partial charge in [-0.1, -0.05) is 18.2 Å². The van der Waals surface area contributed by atoms with E-state index < -0.39 is 20.5 Å². The Morgan fingerprint density at radius 3 is 1.29 bits per heavy atom. The summed E-state index contributed by atoms with van der Waals surface area (Å²) in [7, 11) is -7.95. The van der Waals surface area contributed by atoms with Crippen LogP contribution in [0.3, 0.4) is 0 Å². The van der Waals surface area contributed by atoms with Crippen LogP contribution in [-0.4, -0.2) is 24.5 Å².